The van der Waals surface area contributed by atoms with E-state index in [-0.39, 0.29) is 0 Å². The third kappa shape index (κ3) is 11.9. The average molecular weight is 201 g/mol. The van der Waals surface area contributed by atoms with Crippen molar-refractivity contribution in [2.75, 3.05) is 0 Å². The first kappa shape index (κ1) is 13.9. The molecule has 1 unspecified atom stereocenters. The summed E-state index contributed by atoms with van der Waals surface area (Å²) >= 11 is 0. The molecule has 1 atom stereocenters. The van der Waals surface area contributed by atoms with Gasteiger partial charge in [-0.05, 0) is 6.42 Å². The van der Waals surface area contributed by atoms with E-state index in [0.717, 1.165) is 12.8 Å². The maximum atomic E-state index is 10.3. The van der Waals surface area contributed by atoms with Crippen molar-refractivity contribution in [3.05, 3.63) is 0 Å². The van der Waals surface area contributed by atoms with E-state index < -0.39 is 6.29 Å². The summed E-state index contributed by atoms with van der Waals surface area (Å²) in [4.78, 5) is 0. The van der Waals surface area contributed by atoms with Crippen LogP contribution in [-0.4, -0.2) is 11.4 Å². The van der Waals surface area contributed by atoms with Gasteiger partial charge in [-0.3, -0.25) is 0 Å². The van der Waals surface area contributed by atoms with Crippen molar-refractivity contribution in [3.63, 3.8) is 0 Å². The Labute approximate surface area is 88.3 Å². The minimum Gasteiger partial charge on any atom is -0.366 e. The van der Waals surface area contributed by atoms with Crippen molar-refractivity contribution >= 4 is 0 Å². The standard InChI is InChI=1S/C12H25O2/c1-2-3-4-5-6-7-8-9-10-11-12(13)14/h12-13H,2-11H2,1H3. The van der Waals surface area contributed by atoms with Gasteiger partial charge in [0.2, 0.25) is 0 Å². The van der Waals surface area contributed by atoms with Crippen molar-refractivity contribution < 1.29 is 10.2 Å². The molecule has 0 aliphatic rings. The Morgan fingerprint density at radius 3 is 1.71 bits per heavy atom. The molecule has 0 aliphatic heterocycles. The minimum absolute atomic E-state index is 0.426. The van der Waals surface area contributed by atoms with Crippen LogP contribution < -0.4 is 0 Å². The molecule has 0 saturated heterocycles. The lowest BCUT2D eigenvalue weighted by Crippen LogP contribution is -2.00. The zero-order chi connectivity index (χ0) is 10.6. The molecule has 2 nitrogen and oxygen atoms in total. The Balaban J connectivity index is 2.85. The second-order valence-corrected chi connectivity index (χ2v) is 4.07. The van der Waals surface area contributed by atoms with Crippen LogP contribution in [0, 0.1) is 0 Å². The Kier molecular flexibility index (Phi) is 10.9. The molecule has 1 radical (unpaired) electrons. The smallest absolute Gasteiger partial charge is 0.188 e. The summed E-state index contributed by atoms with van der Waals surface area (Å²) in [6, 6.07) is 0. The molecule has 1 N–H and O–H groups in total. The van der Waals surface area contributed by atoms with E-state index in [0.29, 0.717) is 6.42 Å². The van der Waals surface area contributed by atoms with Gasteiger partial charge in [0.25, 0.3) is 0 Å². The molecule has 85 valence electrons. The molecule has 0 spiro atoms. The number of aliphatic hydroxyl groups excluding tert-OH is 1. The van der Waals surface area contributed by atoms with E-state index in [1.165, 1.54) is 44.9 Å². The van der Waals surface area contributed by atoms with Crippen LogP contribution in [-0.2, 0) is 5.11 Å². The highest BCUT2D eigenvalue weighted by Gasteiger charge is 1.98. The molecule has 0 amide bonds. The van der Waals surface area contributed by atoms with Crippen molar-refractivity contribution in [3.8, 4) is 0 Å². The van der Waals surface area contributed by atoms with E-state index in [1.54, 1.807) is 0 Å². The molecule has 2 heteroatoms. The molecule has 0 rings (SSSR count). The first-order chi connectivity index (χ1) is 6.77. The van der Waals surface area contributed by atoms with Crippen molar-refractivity contribution in [2.24, 2.45) is 0 Å². The average Bonchev–Trinajstić information content (AvgIpc) is 2.15. The van der Waals surface area contributed by atoms with Crippen molar-refractivity contribution in [2.45, 2.75) is 77.4 Å². The first-order valence-electron chi connectivity index (χ1n) is 6.11. The highest BCUT2D eigenvalue weighted by molar-refractivity contribution is 4.47. The fourth-order valence-electron chi connectivity index (χ4n) is 1.63. The molecule has 0 aromatic rings. The van der Waals surface area contributed by atoms with Crippen LogP contribution in [0.15, 0.2) is 0 Å². The molecular formula is C12H25O2. The van der Waals surface area contributed by atoms with Crippen LogP contribution in [0.4, 0.5) is 0 Å². The van der Waals surface area contributed by atoms with Crippen LogP contribution >= 0.6 is 0 Å². The topological polar surface area (TPSA) is 40.1 Å². The van der Waals surface area contributed by atoms with Gasteiger partial charge in [-0.1, -0.05) is 58.3 Å². The third-order valence-corrected chi connectivity index (χ3v) is 2.55. The largest absolute Gasteiger partial charge is 0.366 e. The summed E-state index contributed by atoms with van der Waals surface area (Å²) in [7, 11) is 0. The summed E-state index contributed by atoms with van der Waals surface area (Å²) in [6.45, 7) is 2.23. The number of aliphatic hydroxyl groups is 1. The first-order valence-corrected chi connectivity index (χ1v) is 6.11. The number of unbranched alkanes of at least 4 members (excludes halogenated alkanes) is 8. The molecule has 0 heterocycles. The summed E-state index contributed by atoms with van der Waals surface area (Å²) < 4.78 is 0. The van der Waals surface area contributed by atoms with Crippen LogP contribution in [0.25, 0.3) is 0 Å². The predicted molar refractivity (Wildman–Crippen MR) is 58.5 cm³/mol. The van der Waals surface area contributed by atoms with Gasteiger partial charge >= 0.3 is 0 Å². The zero-order valence-corrected chi connectivity index (χ0v) is 9.50. The van der Waals surface area contributed by atoms with Gasteiger partial charge in [-0.25, -0.2) is 5.11 Å². The minimum atomic E-state index is -1.35. The lowest BCUT2D eigenvalue weighted by atomic mass is 10.1. The summed E-state index contributed by atoms with van der Waals surface area (Å²) in [5.41, 5.74) is 0. The van der Waals surface area contributed by atoms with Crippen LogP contribution in [0.2, 0.25) is 0 Å². The van der Waals surface area contributed by atoms with Gasteiger partial charge in [0.05, 0.1) is 0 Å². The van der Waals surface area contributed by atoms with Crippen LogP contribution in [0.1, 0.15) is 71.1 Å². The Bertz CT molecular complexity index is 102. The maximum absolute atomic E-state index is 10.3. The van der Waals surface area contributed by atoms with Crippen molar-refractivity contribution in [1.29, 1.82) is 0 Å². The number of hydrogen-bond donors (Lipinski definition) is 1. The lowest BCUT2D eigenvalue weighted by Gasteiger charge is -2.02. The Hall–Kier alpha value is -0.0800. The van der Waals surface area contributed by atoms with Gasteiger partial charge in [-0.15, -0.1) is 0 Å². The second-order valence-electron chi connectivity index (χ2n) is 4.07. The van der Waals surface area contributed by atoms with Crippen LogP contribution in [0.5, 0.6) is 0 Å². The monoisotopic (exact) mass is 201 g/mol. The highest BCUT2D eigenvalue weighted by atomic mass is 16.5. The zero-order valence-electron chi connectivity index (χ0n) is 9.50. The van der Waals surface area contributed by atoms with Gasteiger partial charge < -0.3 is 5.11 Å². The Morgan fingerprint density at radius 1 is 0.857 bits per heavy atom. The van der Waals surface area contributed by atoms with Gasteiger partial charge in [0.15, 0.2) is 6.29 Å². The molecule has 0 aromatic carbocycles. The summed E-state index contributed by atoms with van der Waals surface area (Å²) in [5, 5.41) is 18.8. The van der Waals surface area contributed by atoms with E-state index in [2.05, 4.69) is 6.92 Å². The maximum Gasteiger partial charge on any atom is 0.188 e. The van der Waals surface area contributed by atoms with E-state index in [1.807, 2.05) is 0 Å². The van der Waals surface area contributed by atoms with Crippen molar-refractivity contribution in [1.82, 2.24) is 0 Å². The Morgan fingerprint density at radius 2 is 1.29 bits per heavy atom. The highest BCUT2D eigenvalue weighted by Crippen LogP contribution is 2.10. The predicted octanol–water partition coefficient (Wildman–Crippen LogP) is 3.66. The summed E-state index contributed by atoms with van der Waals surface area (Å²) in [5.74, 6) is 0. The lowest BCUT2D eigenvalue weighted by molar-refractivity contribution is -0.0968. The van der Waals surface area contributed by atoms with E-state index in [9.17, 15) is 5.11 Å². The second kappa shape index (κ2) is 11.0. The van der Waals surface area contributed by atoms with Gasteiger partial charge in [0.1, 0.15) is 0 Å². The third-order valence-electron chi connectivity index (χ3n) is 2.55. The fraction of sp³-hybridized carbons (Fsp3) is 1.00. The molecule has 0 aromatic heterocycles. The number of hydrogen-bond acceptors (Lipinski definition) is 1. The normalized spacial score (nSPS) is 11.1. The van der Waals surface area contributed by atoms with E-state index in [4.69, 9.17) is 5.11 Å². The molecule has 0 fully saturated rings. The molecule has 0 aliphatic carbocycles. The molecule has 14 heavy (non-hydrogen) atoms. The van der Waals surface area contributed by atoms with Gasteiger partial charge in [0, 0.05) is 6.42 Å². The quantitative estimate of drug-likeness (QED) is 0.425. The molecule has 0 bridgehead atoms. The van der Waals surface area contributed by atoms with Gasteiger partial charge in [-0.2, -0.15) is 0 Å². The van der Waals surface area contributed by atoms with E-state index >= 15 is 0 Å². The fourth-order valence-corrected chi connectivity index (χ4v) is 1.63. The van der Waals surface area contributed by atoms with Crippen LogP contribution in [0.3, 0.4) is 0 Å². The molecular weight excluding hydrogens is 176 g/mol. The molecule has 0 saturated carbocycles. The SMILES string of the molecule is CCCCCCCCCCCC([O])O. The summed E-state index contributed by atoms with van der Waals surface area (Å²) in [6.07, 6.45) is 10.3. The number of rotatable bonds is 10.